The second kappa shape index (κ2) is 9.11. The third kappa shape index (κ3) is 4.66. The van der Waals surface area contributed by atoms with Gasteiger partial charge in [0, 0.05) is 26.1 Å². The van der Waals surface area contributed by atoms with Gasteiger partial charge in [0.2, 0.25) is 5.91 Å². The van der Waals surface area contributed by atoms with Gasteiger partial charge >= 0.3 is 5.97 Å². The molecule has 9 heteroatoms. The highest BCUT2D eigenvalue weighted by Crippen LogP contribution is 2.12. The van der Waals surface area contributed by atoms with Gasteiger partial charge in [0.1, 0.15) is 0 Å². The third-order valence-corrected chi connectivity index (χ3v) is 5.06. The largest absolute Gasteiger partial charge is 0.465 e. The monoisotopic (exact) mass is 405 g/mol. The molecule has 0 bridgehead atoms. The van der Waals surface area contributed by atoms with Crippen LogP contribution in [-0.2, 0) is 20.8 Å². The Morgan fingerprint density at radius 3 is 2.96 bits per heavy atom. The molecule has 1 saturated heterocycles. The summed E-state index contributed by atoms with van der Waals surface area (Å²) in [6.45, 7) is 1.61. The van der Waals surface area contributed by atoms with Gasteiger partial charge in [-0.2, -0.15) is 0 Å². The number of rotatable bonds is 7. The molecule has 28 heavy (non-hydrogen) atoms. The maximum atomic E-state index is 12.7. The Kier molecular flexibility index (Phi) is 6.58. The number of esters is 1. The lowest BCUT2D eigenvalue weighted by Crippen LogP contribution is -2.32. The Labute approximate surface area is 166 Å². The molecular weight excluding hydrogens is 382 g/mol. The van der Waals surface area contributed by atoms with Crippen molar-refractivity contribution in [3.05, 3.63) is 38.9 Å². The van der Waals surface area contributed by atoms with E-state index in [1.54, 1.807) is 12.1 Å². The molecule has 0 unspecified atom stereocenters. The molecule has 0 spiro atoms. The third-order valence-electron chi connectivity index (χ3n) is 4.74. The van der Waals surface area contributed by atoms with Crippen LogP contribution in [0.4, 0.5) is 0 Å². The van der Waals surface area contributed by atoms with Crippen LogP contribution in [0.1, 0.15) is 36.0 Å². The molecule has 1 aromatic carbocycles. The number of hydrogen-bond donors (Lipinski definition) is 2. The van der Waals surface area contributed by atoms with Crippen molar-refractivity contribution in [1.29, 1.82) is 0 Å². The number of nitrogens with one attached hydrogen (secondary N) is 2. The number of amides is 1. The lowest BCUT2D eigenvalue weighted by molar-refractivity contribution is -0.121. The summed E-state index contributed by atoms with van der Waals surface area (Å²) in [5, 5.41) is 3.28. The van der Waals surface area contributed by atoms with Crippen molar-refractivity contribution < 1.29 is 19.1 Å². The molecule has 0 radical (unpaired) electrons. The van der Waals surface area contributed by atoms with Crippen molar-refractivity contribution in [2.45, 2.75) is 38.3 Å². The molecule has 0 aliphatic carbocycles. The van der Waals surface area contributed by atoms with Crippen LogP contribution in [0, 0.1) is 4.77 Å². The quantitative estimate of drug-likeness (QED) is 0.539. The molecule has 0 saturated carbocycles. The van der Waals surface area contributed by atoms with Crippen LogP contribution < -0.4 is 10.9 Å². The first-order valence-electron chi connectivity index (χ1n) is 9.23. The fraction of sp³-hybridized carbons (Fsp3) is 0.474. The second-order valence-electron chi connectivity index (χ2n) is 6.68. The van der Waals surface area contributed by atoms with Crippen LogP contribution in [0.25, 0.3) is 10.9 Å². The number of H-pyrrole nitrogens is 1. The van der Waals surface area contributed by atoms with Crippen LogP contribution in [-0.4, -0.2) is 47.8 Å². The number of carbonyl (C=O) groups excluding carboxylic acids is 2. The highest BCUT2D eigenvalue weighted by molar-refractivity contribution is 7.71. The number of hydrogen-bond acceptors (Lipinski definition) is 6. The molecule has 2 N–H and O–H groups in total. The molecule has 1 aliphatic heterocycles. The van der Waals surface area contributed by atoms with Crippen LogP contribution in [0.5, 0.6) is 0 Å². The highest BCUT2D eigenvalue weighted by atomic mass is 32.1. The lowest BCUT2D eigenvalue weighted by atomic mass is 10.1. The van der Waals surface area contributed by atoms with Gasteiger partial charge in [0.25, 0.3) is 5.56 Å². The minimum absolute atomic E-state index is 0.0676. The van der Waals surface area contributed by atoms with E-state index in [1.807, 2.05) is 0 Å². The zero-order valence-corrected chi connectivity index (χ0v) is 16.5. The number of aromatic nitrogens is 2. The minimum Gasteiger partial charge on any atom is -0.465 e. The molecule has 1 atom stereocenters. The Morgan fingerprint density at radius 1 is 1.43 bits per heavy atom. The Morgan fingerprint density at radius 2 is 2.25 bits per heavy atom. The average Bonchev–Trinajstić information content (AvgIpc) is 3.21. The summed E-state index contributed by atoms with van der Waals surface area (Å²) < 4.78 is 11.8. The van der Waals surface area contributed by atoms with E-state index < -0.39 is 5.97 Å². The minimum atomic E-state index is -0.487. The predicted molar refractivity (Wildman–Crippen MR) is 106 cm³/mol. The van der Waals surface area contributed by atoms with Gasteiger partial charge in [-0.1, -0.05) is 0 Å². The first kappa shape index (κ1) is 20.2. The van der Waals surface area contributed by atoms with Gasteiger partial charge in [-0.15, -0.1) is 0 Å². The first-order chi connectivity index (χ1) is 13.5. The molecule has 1 fully saturated rings. The number of benzene rings is 1. The Balaban J connectivity index is 1.64. The SMILES string of the molecule is COC(=O)c1ccc2c(=O)n(CCCC(=O)NC[C@H]3CCCO3)c(=S)[nH]c2c1. The number of methoxy groups -OCH3 is 1. The summed E-state index contributed by atoms with van der Waals surface area (Å²) >= 11 is 5.28. The molecule has 3 rings (SSSR count). The van der Waals surface area contributed by atoms with E-state index in [-0.39, 0.29) is 22.3 Å². The van der Waals surface area contributed by atoms with Crippen molar-refractivity contribution in [1.82, 2.24) is 14.9 Å². The van der Waals surface area contributed by atoms with Gasteiger partial charge in [0.05, 0.1) is 29.7 Å². The molecule has 1 aromatic heterocycles. The first-order valence-corrected chi connectivity index (χ1v) is 9.64. The average molecular weight is 405 g/mol. The van der Waals surface area contributed by atoms with E-state index in [9.17, 15) is 14.4 Å². The zero-order valence-electron chi connectivity index (χ0n) is 15.7. The standard InChI is InChI=1S/C19H23N3O5S/c1-26-18(25)12-6-7-14-15(10-12)21-19(28)22(17(14)24)8-2-5-16(23)20-11-13-4-3-9-27-13/h6-7,10,13H,2-5,8-9,11H2,1H3,(H,20,23)(H,21,28)/t13-/m1/s1. The van der Waals surface area contributed by atoms with Crippen molar-refractivity contribution in [3.63, 3.8) is 0 Å². The van der Waals surface area contributed by atoms with E-state index >= 15 is 0 Å². The van der Waals surface area contributed by atoms with Crippen LogP contribution in [0.15, 0.2) is 23.0 Å². The summed E-state index contributed by atoms with van der Waals surface area (Å²) in [4.78, 5) is 39.3. The predicted octanol–water partition coefficient (Wildman–Crippen LogP) is 1.92. The lowest BCUT2D eigenvalue weighted by Gasteiger charge is -2.11. The smallest absolute Gasteiger partial charge is 0.337 e. The molecule has 2 heterocycles. The summed E-state index contributed by atoms with van der Waals surface area (Å²) in [5.74, 6) is -0.554. The topological polar surface area (TPSA) is 102 Å². The fourth-order valence-electron chi connectivity index (χ4n) is 3.22. The second-order valence-corrected chi connectivity index (χ2v) is 7.07. The van der Waals surface area contributed by atoms with Crippen LogP contribution >= 0.6 is 12.2 Å². The van der Waals surface area contributed by atoms with Gasteiger partial charge in [-0.25, -0.2) is 4.79 Å². The van der Waals surface area contributed by atoms with Gasteiger partial charge in [-0.05, 0) is 49.7 Å². The molecule has 1 amide bonds. The van der Waals surface area contributed by atoms with E-state index in [4.69, 9.17) is 17.0 Å². The van der Waals surface area contributed by atoms with E-state index in [2.05, 4.69) is 15.0 Å². The maximum Gasteiger partial charge on any atom is 0.337 e. The Bertz CT molecular complexity index is 991. The van der Waals surface area contributed by atoms with Crippen molar-refractivity contribution in [2.24, 2.45) is 0 Å². The Hall–Kier alpha value is -2.52. The molecule has 2 aromatic rings. The molecule has 150 valence electrons. The highest BCUT2D eigenvalue weighted by Gasteiger charge is 2.16. The van der Waals surface area contributed by atoms with Crippen molar-refractivity contribution in [2.75, 3.05) is 20.3 Å². The van der Waals surface area contributed by atoms with Gasteiger partial charge in [0.15, 0.2) is 4.77 Å². The fourth-order valence-corrected chi connectivity index (χ4v) is 3.51. The van der Waals surface area contributed by atoms with Gasteiger partial charge < -0.3 is 19.8 Å². The molecule has 8 nitrogen and oxygen atoms in total. The molecular formula is C19H23N3O5S. The van der Waals surface area contributed by atoms with E-state index in [0.29, 0.717) is 42.4 Å². The van der Waals surface area contributed by atoms with Crippen molar-refractivity contribution >= 4 is 35.0 Å². The summed E-state index contributed by atoms with van der Waals surface area (Å²) in [6.07, 6.45) is 2.90. The van der Waals surface area contributed by atoms with E-state index in [1.165, 1.54) is 17.7 Å². The number of aromatic amines is 1. The maximum absolute atomic E-state index is 12.7. The van der Waals surface area contributed by atoms with Crippen molar-refractivity contribution in [3.8, 4) is 0 Å². The number of carbonyl (C=O) groups is 2. The normalized spacial score (nSPS) is 16.2. The summed E-state index contributed by atoms with van der Waals surface area (Å²) in [6, 6.07) is 4.65. The van der Waals surface area contributed by atoms with Crippen LogP contribution in [0.2, 0.25) is 0 Å². The zero-order chi connectivity index (χ0) is 20.1. The summed E-state index contributed by atoms with van der Waals surface area (Å²) in [5.41, 5.74) is 0.555. The van der Waals surface area contributed by atoms with E-state index in [0.717, 1.165) is 19.4 Å². The number of fused-ring (bicyclic) bond motifs is 1. The number of nitrogens with zero attached hydrogens (tertiary/aromatic N) is 1. The molecule has 1 aliphatic rings. The van der Waals surface area contributed by atoms with Crippen LogP contribution in [0.3, 0.4) is 0 Å². The summed E-state index contributed by atoms with van der Waals surface area (Å²) in [7, 11) is 1.30. The van der Waals surface area contributed by atoms with Gasteiger partial charge in [-0.3, -0.25) is 14.2 Å². The number of ether oxygens (including phenoxy) is 2.